The summed E-state index contributed by atoms with van der Waals surface area (Å²) in [6, 6.07) is 7.28. The van der Waals surface area contributed by atoms with E-state index in [0.717, 1.165) is 5.56 Å². The third-order valence-corrected chi connectivity index (χ3v) is 2.54. The molecule has 0 bridgehead atoms. The summed E-state index contributed by atoms with van der Waals surface area (Å²) in [5.41, 5.74) is 8.88. The highest BCUT2D eigenvalue weighted by Crippen LogP contribution is 2.33. The van der Waals surface area contributed by atoms with Gasteiger partial charge in [0, 0.05) is 18.5 Å². The van der Waals surface area contributed by atoms with Crippen LogP contribution in [0.25, 0.3) is 0 Å². The number of fused-ring (bicyclic) bond motifs is 1. The van der Waals surface area contributed by atoms with Crippen molar-refractivity contribution in [2.45, 2.75) is 12.1 Å². The average Bonchev–Trinajstić information content (AvgIpc) is 2.26. The van der Waals surface area contributed by atoms with E-state index in [9.17, 15) is 4.79 Å². The van der Waals surface area contributed by atoms with Crippen LogP contribution in [0.3, 0.4) is 0 Å². The molecule has 1 unspecified atom stereocenters. The van der Waals surface area contributed by atoms with Crippen LogP contribution in [-0.2, 0) is 10.5 Å². The molecule has 2 rings (SSSR count). The van der Waals surface area contributed by atoms with E-state index < -0.39 is 11.8 Å². The van der Waals surface area contributed by atoms with E-state index in [-0.39, 0.29) is 0 Å². The van der Waals surface area contributed by atoms with E-state index in [4.69, 9.17) is 16.3 Å². The average molecular weight is 222 g/mol. The van der Waals surface area contributed by atoms with Crippen LogP contribution in [0.2, 0.25) is 0 Å². The van der Waals surface area contributed by atoms with Crippen molar-refractivity contribution in [1.29, 1.82) is 0 Å². The molecule has 0 radical (unpaired) electrons. The standard InChI is InChI=1S/C10H14N4O2/c11-10(5-6-13-12)7-3-1-2-4-8(7)14-9(15)16-10/h1-4,13H,5-6,11-12H2,(H,14,15). The Kier molecular flexibility index (Phi) is 2.78. The van der Waals surface area contributed by atoms with E-state index in [1.807, 2.05) is 18.2 Å². The summed E-state index contributed by atoms with van der Waals surface area (Å²) >= 11 is 0. The molecule has 0 fully saturated rings. The van der Waals surface area contributed by atoms with Crippen LogP contribution >= 0.6 is 0 Å². The molecule has 6 heteroatoms. The lowest BCUT2D eigenvalue weighted by atomic mass is 9.97. The summed E-state index contributed by atoms with van der Waals surface area (Å²) in [6.07, 6.45) is -0.133. The van der Waals surface area contributed by atoms with Crippen molar-refractivity contribution in [3.63, 3.8) is 0 Å². The first-order valence-corrected chi connectivity index (χ1v) is 4.97. The van der Waals surface area contributed by atoms with Gasteiger partial charge in [-0.15, -0.1) is 0 Å². The molecular weight excluding hydrogens is 208 g/mol. The van der Waals surface area contributed by atoms with E-state index >= 15 is 0 Å². The second-order valence-electron chi connectivity index (χ2n) is 3.65. The number of ether oxygens (including phenoxy) is 1. The van der Waals surface area contributed by atoms with Gasteiger partial charge in [0.1, 0.15) is 0 Å². The zero-order valence-electron chi connectivity index (χ0n) is 8.69. The SMILES string of the molecule is NNCCC1(N)OC(=O)Nc2ccccc21. The quantitative estimate of drug-likeness (QED) is 0.432. The maximum atomic E-state index is 11.3. The third-order valence-electron chi connectivity index (χ3n) is 2.54. The fourth-order valence-corrected chi connectivity index (χ4v) is 1.76. The van der Waals surface area contributed by atoms with E-state index in [0.29, 0.717) is 18.7 Å². The minimum absolute atomic E-state index is 0.411. The molecule has 1 aliphatic rings. The number of benzene rings is 1. The smallest absolute Gasteiger partial charge is 0.413 e. The zero-order chi connectivity index (χ0) is 11.6. The number of hydrazine groups is 1. The van der Waals surface area contributed by atoms with Gasteiger partial charge < -0.3 is 4.74 Å². The molecule has 1 amide bonds. The van der Waals surface area contributed by atoms with Gasteiger partial charge in [0.15, 0.2) is 5.72 Å². The maximum Gasteiger partial charge on any atom is 0.413 e. The van der Waals surface area contributed by atoms with Gasteiger partial charge in [0.25, 0.3) is 0 Å². The van der Waals surface area contributed by atoms with Crippen LogP contribution in [0.4, 0.5) is 10.5 Å². The summed E-state index contributed by atoms with van der Waals surface area (Å²) in [5, 5.41) is 2.60. The second-order valence-corrected chi connectivity index (χ2v) is 3.65. The van der Waals surface area contributed by atoms with Crippen molar-refractivity contribution in [1.82, 2.24) is 5.43 Å². The predicted molar refractivity (Wildman–Crippen MR) is 59.2 cm³/mol. The summed E-state index contributed by atoms with van der Waals surface area (Å²) in [5.74, 6) is 5.20. The number of hydrogen-bond donors (Lipinski definition) is 4. The molecule has 1 aromatic rings. The Morgan fingerprint density at radius 1 is 1.44 bits per heavy atom. The van der Waals surface area contributed by atoms with Crippen molar-refractivity contribution in [3.05, 3.63) is 29.8 Å². The Bertz CT molecular complexity index is 410. The van der Waals surface area contributed by atoms with Gasteiger partial charge in [0.05, 0.1) is 5.69 Å². The number of rotatable bonds is 3. The van der Waals surface area contributed by atoms with Gasteiger partial charge in [0.2, 0.25) is 0 Å². The highest BCUT2D eigenvalue weighted by atomic mass is 16.6. The molecular formula is C10H14N4O2. The number of carbonyl (C=O) groups is 1. The fraction of sp³-hybridized carbons (Fsp3) is 0.300. The number of nitrogens with two attached hydrogens (primary N) is 2. The minimum Gasteiger partial charge on any atom is -0.423 e. The summed E-state index contributed by atoms with van der Waals surface area (Å²) < 4.78 is 5.13. The van der Waals surface area contributed by atoms with E-state index in [1.165, 1.54) is 0 Å². The lowest BCUT2D eigenvalue weighted by Crippen LogP contribution is -2.48. The van der Waals surface area contributed by atoms with Crippen molar-refractivity contribution in [2.24, 2.45) is 11.6 Å². The third kappa shape index (κ3) is 1.85. The molecule has 0 saturated carbocycles. The van der Waals surface area contributed by atoms with E-state index in [1.54, 1.807) is 6.07 Å². The number of carbonyl (C=O) groups excluding carboxylic acids is 1. The first kappa shape index (κ1) is 10.9. The molecule has 6 nitrogen and oxygen atoms in total. The minimum atomic E-state index is -1.12. The van der Waals surface area contributed by atoms with Gasteiger partial charge in [-0.3, -0.25) is 22.3 Å². The van der Waals surface area contributed by atoms with Gasteiger partial charge in [-0.25, -0.2) is 4.79 Å². The number of para-hydroxylation sites is 1. The Labute approximate surface area is 92.9 Å². The number of hydrogen-bond acceptors (Lipinski definition) is 5. The molecule has 1 aliphatic heterocycles. The van der Waals surface area contributed by atoms with Crippen molar-refractivity contribution in [2.75, 3.05) is 11.9 Å². The number of nitrogens with one attached hydrogen (secondary N) is 2. The van der Waals surface area contributed by atoms with Crippen LogP contribution in [0.5, 0.6) is 0 Å². The number of amides is 1. The molecule has 1 heterocycles. The van der Waals surface area contributed by atoms with Crippen LogP contribution < -0.4 is 22.3 Å². The zero-order valence-corrected chi connectivity index (χ0v) is 8.69. The first-order chi connectivity index (χ1) is 7.65. The molecule has 0 aromatic heterocycles. The highest BCUT2D eigenvalue weighted by Gasteiger charge is 2.37. The summed E-state index contributed by atoms with van der Waals surface area (Å²) in [4.78, 5) is 11.3. The molecule has 0 saturated heterocycles. The van der Waals surface area contributed by atoms with Crippen LogP contribution in [0.1, 0.15) is 12.0 Å². The van der Waals surface area contributed by atoms with Crippen LogP contribution in [0, 0.1) is 0 Å². The lowest BCUT2D eigenvalue weighted by Gasteiger charge is -2.35. The van der Waals surface area contributed by atoms with Crippen molar-refractivity contribution < 1.29 is 9.53 Å². The first-order valence-electron chi connectivity index (χ1n) is 4.97. The molecule has 1 atom stereocenters. The molecule has 0 spiro atoms. The van der Waals surface area contributed by atoms with Gasteiger partial charge in [-0.2, -0.15) is 0 Å². The van der Waals surface area contributed by atoms with Crippen LogP contribution in [0.15, 0.2) is 24.3 Å². The topological polar surface area (TPSA) is 102 Å². The molecule has 16 heavy (non-hydrogen) atoms. The predicted octanol–water partition coefficient (Wildman–Crippen LogP) is 0.214. The summed E-state index contributed by atoms with van der Waals surface area (Å²) in [7, 11) is 0. The Balaban J connectivity index is 2.36. The summed E-state index contributed by atoms with van der Waals surface area (Å²) in [6.45, 7) is 0.456. The molecule has 6 N–H and O–H groups in total. The largest absolute Gasteiger partial charge is 0.423 e. The number of anilines is 1. The highest BCUT2D eigenvalue weighted by molar-refractivity contribution is 5.88. The van der Waals surface area contributed by atoms with Gasteiger partial charge in [-0.05, 0) is 6.07 Å². The fourth-order valence-electron chi connectivity index (χ4n) is 1.76. The van der Waals surface area contributed by atoms with Gasteiger partial charge >= 0.3 is 6.09 Å². The normalized spacial score (nSPS) is 23.2. The van der Waals surface area contributed by atoms with E-state index in [2.05, 4.69) is 10.7 Å². The molecule has 1 aromatic carbocycles. The maximum absolute atomic E-state index is 11.3. The monoisotopic (exact) mass is 222 g/mol. The van der Waals surface area contributed by atoms with Crippen LogP contribution in [-0.4, -0.2) is 12.6 Å². The second kappa shape index (κ2) is 4.09. The van der Waals surface area contributed by atoms with Gasteiger partial charge in [-0.1, -0.05) is 18.2 Å². The Hall–Kier alpha value is -1.63. The van der Waals surface area contributed by atoms with Crippen molar-refractivity contribution in [3.8, 4) is 0 Å². The Morgan fingerprint density at radius 2 is 2.19 bits per heavy atom. The van der Waals surface area contributed by atoms with Crippen molar-refractivity contribution >= 4 is 11.8 Å². The lowest BCUT2D eigenvalue weighted by molar-refractivity contribution is 0.00969. The molecule has 0 aliphatic carbocycles. The Morgan fingerprint density at radius 3 is 2.94 bits per heavy atom. The molecule has 86 valence electrons. The number of cyclic esters (lactones) is 1.